The van der Waals surface area contributed by atoms with Crippen molar-refractivity contribution in [1.82, 2.24) is 0 Å². The lowest BCUT2D eigenvalue weighted by Gasteiger charge is -2.29. The number of furan rings is 1. The average Bonchev–Trinajstić information content (AvgIpc) is 3.86. The quantitative estimate of drug-likeness (QED) is 0.162. The van der Waals surface area contributed by atoms with E-state index in [1.165, 1.54) is 59.2 Å². The normalized spacial score (nSPS) is 11.5. The molecule has 11 aromatic rings. The van der Waals surface area contributed by atoms with Crippen LogP contribution in [0.2, 0.25) is 0 Å². The van der Waals surface area contributed by atoms with Gasteiger partial charge in [0.15, 0.2) is 0 Å². The molecule has 2 heterocycles. The largest absolute Gasteiger partial charge is 0.456 e. The highest BCUT2D eigenvalue weighted by molar-refractivity contribution is 7.26. The smallest absolute Gasteiger partial charge is 0.136 e. The Morgan fingerprint density at radius 2 is 0.842 bits per heavy atom. The molecule has 0 unspecified atom stereocenters. The Kier molecular flexibility index (Phi) is 8.04. The molecule has 0 spiro atoms. The van der Waals surface area contributed by atoms with Crippen molar-refractivity contribution in [3.63, 3.8) is 0 Å². The summed E-state index contributed by atoms with van der Waals surface area (Å²) in [6, 6.07) is 76.4. The summed E-state index contributed by atoms with van der Waals surface area (Å²) in [5.41, 5.74) is 14.6. The maximum absolute atomic E-state index is 6.28. The van der Waals surface area contributed by atoms with Crippen LogP contribution in [0.4, 0.5) is 17.1 Å². The number of nitrogens with zero attached hydrogens (tertiary/aromatic N) is 1. The molecule has 0 saturated carbocycles. The molecule has 2 nitrogen and oxygen atoms in total. The minimum absolute atomic E-state index is 0.901. The summed E-state index contributed by atoms with van der Waals surface area (Å²) in [5.74, 6) is 0. The van der Waals surface area contributed by atoms with Crippen LogP contribution in [0.15, 0.2) is 217 Å². The SMILES string of the molecule is c1ccc(-c2cccc(-c3ccc(N(c4ccc(-c5ccc6c(c5)oc5ccccc56)cc4)c4c(-c5ccccc5)ccc5c4sc4ccccc45)cc3)c2)cc1. The number of benzene rings is 9. The number of para-hydroxylation sites is 1. The third-order valence-electron chi connectivity index (χ3n) is 11.1. The Morgan fingerprint density at radius 1 is 0.333 bits per heavy atom. The molecule has 3 heteroatoms. The molecule has 0 aliphatic carbocycles. The van der Waals surface area contributed by atoms with E-state index in [0.29, 0.717) is 0 Å². The molecule has 57 heavy (non-hydrogen) atoms. The molecule has 9 aromatic carbocycles. The molecule has 11 rings (SSSR count). The van der Waals surface area contributed by atoms with Gasteiger partial charge in [0.25, 0.3) is 0 Å². The van der Waals surface area contributed by atoms with Crippen molar-refractivity contribution in [2.24, 2.45) is 0 Å². The fourth-order valence-corrected chi connectivity index (χ4v) is 9.52. The van der Waals surface area contributed by atoms with Crippen molar-refractivity contribution < 1.29 is 4.42 Å². The number of hydrogen-bond acceptors (Lipinski definition) is 3. The zero-order valence-electron chi connectivity index (χ0n) is 31.0. The van der Waals surface area contributed by atoms with Gasteiger partial charge in [-0.25, -0.2) is 0 Å². The number of fused-ring (bicyclic) bond motifs is 6. The second-order valence-corrected chi connectivity index (χ2v) is 15.5. The molecule has 0 aliphatic rings. The van der Waals surface area contributed by atoms with Crippen LogP contribution in [0.3, 0.4) is 0 Å². The van der Waals surface area contributed by atoms with Gasteiger partial charge < -0.3 is 9.32 Å². The molecule has 0 bridgehead atoms. The summed E-state index contributed by atoms with van der Waals surface area (Å²) in [5, 5.41) is 4.82. The first-order valence-corrected chi connectivity index (χ1v) is 20.1. The van der Waals surface area contributed by atoms with Crippen molar-refractivity contribution >= 4 is 70.5 Å². The van der Waals surface area contributed by atoms with Crippen LogP contribution in [-0.4, -0.2) is 0 Å². The number of anilines is 3. The molecule has 0 N–H and O–H groups in total. The number of thiophene rings is 1. The lowest BCUT2D eigenvalue weighted by molar-refractivity contribution is 0.669. The molecular formula is C54H35NOS. The highest BCUT2D eigenvalue weighted by Crippen LogP contribution is 2.50. The summed E-state index contributed by atoms with van der Waals surface area (Å²) < 4.78 is 8.82. The molecule has 0 atom stereocenters. The minimum atomic E-state index is 0.901. The predicted molar refractivity (Wildman–Crippen MR) is 243 cm³/mol. The van der Waals surface area contributed by atoms with Gasteiger partial charge in [-0.2, -0.15) is 0 Å². The predicted octanol–water partition coefficient (Wildman–Crippen LogP) is 16.1. The molecule has 0 saturated heterocycles. The van der Waals surface area contributed by atoms with E-state index in [9.17, 15) is 0 Å². The number of hydrogen-bond donors (Lipinski definition) is 0. The fourth-order valence-electron chi connectivity index (χ4n) is 8.27. The van der Waals surface area contributed by atoms with Crippen molar-refractivity contribution in [3.8, 4) is 44.5 Å². The summed E-state index contributed by atoms with van der Waals surface area (Å²) >= 11 is 1.86. The molecule has 0 amide bonds. The van der Waals surface area contributed by atoms with E-state index in [1.807, 2.05) is 23.5 Å². The van der Waals surface area contributed by atoms with Crippen LogP contribution >= 0.6 is 11.3 Å². The van der Waals surface area contributed by atoms with E-state index in [1.54, 1.807) is 0 Å². The van der Waals surface area contributed by atoms with E-state index >= 15 is 0 Å². The van der Waals surface area contributed by atoms with Crippen molar-refractivity contribution in [2.75, 3.05) is 4.90 Å². The summed E-state index contributed by atoms with van der Waals surface area (Å²) in [4.78, 5) is 2.45. The zero-order chi connectivity index (χ0) is 37.7. The van der Waals surface area contributed by atoms with Crippen molar-refractivity contribution in [1.29, 1.82) is 0 Å². The number of rotatable bonds is 7. The lowest BCUT2D eigenvalue weighted by atomic mass is 9.97. The van der Waals surface area contributed by atoms with Crippen molar-refractivity contribution in [2.45, 2.75) is 0 Å². The fraction of sp³-hybridized carbons (Fsp3) is 0. The Morgan fingerprint density at radius 3 is 1.54 bits per heavy atom. The summed E-state index contributed by atoms with van der Waals surface area (Å²) in [6.45, 7) is 0. The van der Waals surface area contributed by atoms with Crippen LogP contribution in [0.25, 0.3) is 86.6 Å². The standard InChI is InChI=1S/C54H35NOS/c1-3-12-36(13-4-1)40-16-11-17-41(34-40)37-22-27-43(28-23-37)55(44-29-24-38(25-30-44)42-26-31-47-46-18-7-9-20-50(46)56-51(47)35-42)53-45(39-14-5-2-6-15-39)32-33-49-48-19-8-10-21-52(48)57-54(49)53/h1-35H. The summed E-state index contributed by atoms with van der Waals surface area (Å²) in [7, 11) is 0. The van der Waals surface area contributed by atoms with E-state index in [4.69, 9.17) is 4.42 Å². The monoisotopic (exact) mass is 745 g/mol. The zero-order valence-corrected chi connectivity index (χ0v) is 31.8. The molecule has 268 valence electrons. The van der Waals surface area contributed by atoms with Gasteiger partial charge in [-0.3, -0.25) is 0 Å². The maximum atomic E-state index is 6.28. The van der Waals surface area contributed by atoms with Crippen LogP contribution in [0.1, 0.15) is 0 Å². The Bertz CT molecular complexity index is 3210. The third-order valence-corrected chi connectivity index (χ3v) is 12.3. The second kappa shape index (κ2) is 13.8. The molecular weight excluding hydrogens is 711 g/mol. The van der Waals surface area contributed by atoms with Crippen LogP contribution in [-0.2, 0) is 0 Å². The highest BCUT2D eigenvalue weighted by atomic mass is 32.1. The van der Waals surface area contributed by atoms with Crippen LogP contribution < -0.4 is 4.90 Å². The van der Waals surface area contributed by atoms with Gasteiger partial charge in [-0.05, 0) is 93.5 Å². The van der Waals surface area contributed by atoms with Crippen LogP contribution in [0, 0.1) is 0 Å². The first-order valence-electron chi connectivity index (χ1n) is 19.3. The molecule has 2 aromatic heterocycles. The van der Waals surface area contributed by atoms with Gasteiger partial charge in [-0.15, -0.1) is 11.3 Å². The topological polar surface area (TPSA) is 16.4 Å². The van der Waals surface area contributed by atoms with E-state index in [2.05, 4.69) is 205 Å². The third kappa shape index (κ3) is 5.88. The first-order chi connectivity index (χ1) is 28.2. The Labute approximate surface area is 335 Å². The van der Waals surface area contributed by atoms with Crippen molar-refractivity contribution in [3.05, 3.63) is 212 Å². The van der Waals surface area contributed by atoms with Gasteiger partial charge >= 0.3 is 0 Å². The molecule has 0 aliphatic heterocycles. The van der Waals surface area contributed by atoms with Gasteiger partial charge in [0, 0.05) is 43.2 Å². The van der Waals surface area contributed by atoms with Gasteiger partial charge in [0.1, 0.15) is 11.2 Å². The van der Waals surface area contributed by atoms with Gasteiger partial charge in [-0.1, -0.05) is 158 Å². The minimum Gasteiger partial charge on any atom is -0.456 e. The molecule has 0 radical (unpaired) electrons. The maximum Gasteiger partial charge on any atom is 0.136 e. The van der Waals surface area contributed by atoms with E-state index < -0.39 is 0 Å². The highest BCUT2D eigenvalue weighted by Gasteiger charge is 2.23. The molecule has 0 fully saturated rings. The van der Waals surface area contributed by atoms with E-state index in [0.717, 1.165) is 44.4 Å². The lowest BCUT2D eigenvalue weighted by Crippen LogP contribution is -2.11. The summed E-state index contributed by atoms with van der Waals surface area (Å²) in [6.07, 6.45) is 0. The van der Waals surface area contributed by atoms with Crippen LogP contribution in [0.5, 0.6) is 0 Å². The van der Waals surface area contributed by atoms with Gasteiger partial charge in [0.05, 0.1) is 10.4 Å². The average molecular weight is 746 g/mol. The second-order valence-electron chi connectivity index (χ2n) is 14.5. The first kappa shape index (κ1) is 33.2. The Balaban J connectivity index is 1.08. The van der Waals surface area contributed by atoms with E-state index in [-0.39, 0.29) is 0 Å². The van der Waals surface area contributed by atoms with Gasteiger partial charge in [0.2, 0.25) is 0 Å². The Hall–Kier alpha value is -7.20.